The van der Waals surface area contributed by atoms with Crippen LogP contribution in [0.5, 0.6) is 0 Å². The van der Waals surface area contributed by atoms with Crippen LogP contribution in [0.3, 0.4) is 0 Å². The number of ether oxygens (including phenoxy) is 1. The van der Waals surface area contributed by atoms with Gasteiger partial charge in [0.15, 0.2) is 21.5 Å². The van der Waals surface area contributed by atoms with Crippen LogP contribution in [-0.2, 0) is 14.8 Å². The minimum Gasteiger partial charge on any atom is -0.378 e. The van der Waals surface area contributed by atoms with Crippen molar-refractivity contribution in [2.75, 3.05) is 31.8 Å². The minimum atomic E-state index is -4.10. The Bertz CT molecular complexity index is 1350. The van der Waals surface area contributed by atoms with Crippen molar-refractivity contribution in [2.24, 2.45) is 0 Å². The summed E-state index contributed by atoms with van der Waals surface area (Å²) in [4.78, 5) is 1.87. The van der Waals surface area contributed by atoms with E-state index >= 15 is 0 Å². The zero-order chi connectivity index (χ0) is 25.0. The van der Waals surface area contributed by atoms with Crippen molar-refractivity contribution in [1.82, 2.24) is 29.5 Å². The number of fused-ring (bicyclic) bond motifs is 1. The number of hydrogen-bond acceptors (Lipinski definition) is 9. The van der Waals surface area contributed by atoms with Crippen LogP contribution in [0.4, 0.5) is 18.9 Å². The molecule has 0 bridgehead atoms. The number of pyridine rings is 1. The summed E-state index contributed by atoms with van der Waals surface area (Å²) in [5.41, 5.74) is -0.524. The van der Waals surface area contributed by atoms with E-state index in [2.05, 4.69) is 25.1 Å². The van der Waals surface area contributed by atoms with Crippen LogP contribution in [0.1, 0.15) is 44.0 Å². The normalized spacial score (nSPS) is 19.5. The molecule has 190 valence electrons. The summed E-state index contributed by atoms with van der Waals surface area (Å²) in [6.45, 7) is 2.36. The molecule has 3 aromatic heterocycles. The van der Waals surface area contributed by atoms with Gasteiger partial charge in [0.1, 0.15) is 11.6 Å². The van der Waals surface area contributed by atoms with E-state index in [0.29, 0.717) is 61.4 Å². The summed E-state index contributed by atoms with van der Waals surface area (Å²) >= 11 is 0.654. The van der Waals surface area contributed by atoms with E-state index in [9.17, 15) is 21.6 Å². The molecule has 2 fully saturated rings. The van der Waals surface area contributed by atoms with Crippen LogP contribution >= 0.6 is 11.3 Å². The fraction of sp³-hybridized carbons (Fsp3) is 0.600. The molecule has 15 heteroatoms. The minimum absolute atomic E-state index is 0.0780. The van der Waals surface area contributed by atoms with Crippen molar-refractivity contribution in [2.45, 2.75) is 55.1 Å². The maximum atomic E-state index is 13.5. The van der Waals surface area contributed by atoms with Crippen LogP contribution in [0.25, 0.3) is 16.5 Å². The number of anilines is 1. The van der Waals surface area contributed by atoms with Gasteiger partial charge in [0.2, 0.25) is 10.0 Å². The molecule has 3 aromatic rings. The molecule has 1 saturated carbocycles. The molecule has 35 heavy (non-hydrogen) atoms. The summed E-state index contributed by atoms with van der Waals surface area (Å²) in [7, 11) is -2.44. The van der Waals surface area contributed by atoms with E-state index in [4.69, 9.17) is 4.74 Å². The van der Waals surface area contributed by atoms with Gasteiger partial charge in [-0.15, -0.1) is 20.4 Å². The van der Waals surface area contributed by atoms with E-state index in [0.717, 1.165) is 0 Å². The Kier molecular flexibility index (Phi) is 6.01. The average Bonchev–Trinajstić information content (AvgIpc) is 3.22. The highest BCUT2D eigenvalue weighted by Gasteiger charge is 2.46. The number of rotatable bonds is 8. The Morgan fingerprint density at radius 3 is 2.46 bits per heavy atom. The molecule has 4 heterocycles. The van der Waals surface area contributed by atoms with Crippen LogP contribution in [0.15, 0.2) is 17.2 Å². The van der Waals surface area contributed by atoms with Gasteiger partial charge in [-0.3, -0.25) is 4.40 Å². The molecule has 1 saturated heterocycles. The van der Waals surface area contributed by atoms with E-state index < -0.39 is 33.7 Å². The van der Waals surface area contributed by atoms with Gasteiger partial charge in [0.05, 0.1) is 16.8 Å². The lowest BCUT2D eigenvalue weighted by Crippen LogP contribution is -2.44. The van der Waals surface area contributed by atoms with Crippen molar-refractivity contribution < 1.29 is 26.3 Å². The first-order chi connectivity index (χ1) is 16.6. The number of sulfonamides is 1. The molecule has 10 nitrogen and oxygen atoms in total. The monoisotopic (exact) mass is 531 g/mol. The van der Waals surface area contributed by atoms with Crippen molar-refractivity contribution in [3.8, 4) is 10.8 Å². The fourth-order valence-corrected chi connectivity index (χ4v) is 6.21. The standard InChI is InChI=1S/C20H24F3N7O3S2/c1-19(33-2)5-7-29(8-6-19)13-9-12(35(31,32)28-20(11-21)3-4-20)10-30-15(13)24-25-16(30)18-27-26-17(34-18)14(22)23/h9-10,14,28H,3-8,11H2,1-2H3. The number of halogens is 3. The quantitative estimate of drug-likeness (QED) is 0.472. The third-order valence-electron chi connectivity index (χ3n) is 6.70. The number of hydrogen-bond donors (Lipinski definition) is 1. The number of nitrogens with zero attached hydrogens (tertiary/aromatic N) is 6. The SMILES string of the molecule is COC1(C)CCN(c2cc(S(=O)(=O)NC3(CF)CC3)cn3c(-c4nnc(C(F)F)s4)nnc23)CC1. The second-order valence-electron chi connectivity index (χ2n) is 9.18. The summed E-state index contributed by atoms with van der Waals surface area (Å²) in [6, 6.07) is 1.49. The largest absolute Gasteiger partial charge is 0.378 e. The summed E-state index contributed by atoms with van der Waals surface area (Å²) in [6.07, 6.45) is 0.736. The zero-order valence-electron chi connectivity index (χ0n) is 19.0. The molecule has 2 aliphatic rings. The fourth-order valence-electron chi connectivity index (χ4n) is 4.07. The summed E-state index contributed by atoms with van der Waals surface area (Å²) in [5.74, 6) is 0.0908. The second-order valence-corrected chi connectivity index (χ2v) is 11.9. The van der Waals surface area contributed by atoms with E-state index in [1.54, 1.807) is 7.11 Å². The van der Waals surface area contributed by atoms with Crippen LogP contribution in [-0.4, -0.2) is 71.2 Å². The molecule has 0 atom stereocenters. The lowest BCUT2D eigenvalue weighted by molar-refractivity contribution is -0.0132. The van der Waals surface area contributed by atoms with Crippen LogP contribution in [0.2, 0.25) is 0 Å². The summed E-state index contributed by atoms with van der Waals surface area (Å²) < 4.78 is 75.6. The molecule has 0 aromatic carbocycles. The van der Waals surface area contributed by atoms with Gasteiger partial charge < -0.3 is 9.64 Å². The van der Waals surface area contributed by atoms with Crippen molar-refractivity contribution in [1.29, 1.82) is 0 Å². The van der Waals surface area contributed by atoms with Crippen molar-refractivity contribution in [3.05, 3.63) is 17.3 Å². The number of alkyl halides is 3. The Balaban J connectivity index is 1.61. The van der Waals surface area contributed by atoms with Gasteiger partial charge in [0, 0.05) is 26.4 Å². The van der Waals surface area contributed by atoms with E-state index in [1.807, 2.05) is 11.8 Å². The van der Waals surface area contributed by atoms with E-state index in [-0.39, 0.29) is 21.3 Å². The zero-order valence-corrected chi connectivity index (χ0v) is 20.7. The maximum absolute atomic E-state index is 13.5. The molecule has 0 radical (unpaired) electrons. The Morgan fingerprint density at radius 2 is 1.89 bits per heavy atom. The Labute approximate surface area is 203 Å². The Morgan fingerprint density at radius 1 is 1.17 bits per heavy atom. The average molecular weight is 532 g/mol. The molecule has 0 spiro atoms. The first kappa shape index (κ1) is 24.3. The molecule has 0 amide bonds. The first-order valence-corrected chi connectivity index (χ1v) is 13.3. The van der Waals surface area contributed by atoms with Gasteiger partial charge in [-0.25, -0.2) is 26.3 Å². The molecule has 1 N–H and O–H groups in total. The number of piperidine rings is 1. The topological polar surface area (TPSA) is 115 Å². The Hall–Kier alpha value is -2.36. The highest BCUT2D eigenvalue weighted by Crippen LogP contribution is 2.39. The lowest BCUT2D eigenvalue weighted by atomic mass is 9.93. The smallest absolute Gasteiger partial charge is 0.291 e. The van der Waals surface area contributed by atoms with Gasteiger partial charge >= 0.3 is 0 Å². The van der Waals surface area contributed by atoms with Crippen molar-refractivity contribution >= 4 is 32.7 Å². The second kappa shape index (κ2) is 8.64. The highest BCUT2D eigenvalue weighted by molar-refractivity contribution is 7.89. The van der Waals surface area contributed by atoms with Crippen molar-refractivity contribution in [3.63, 3.8) is 0 Å². The molecule has 0 unspecified atom stereocenters. The van der Waals surface area contributed by atoms with Gasteiger partial charge in [-0.05, 0) is 38.7 Å². The third kappa shape index (κ3) is 4.49. The number of methoxy groups -OCH3 is 1. The molecular formula is C20H24F3N7O3S2. The molecular weight excluding hydrogens is 507 g/mol. The molecule has 1 aliphatic heterocycles. The maximum Gasteiger partial charge on any atom is 0.291 e. The van der Waals surface area contributed by atoms with Gasteiger partial charge in [0.25, 0.3) is 6.43 Å². The molecule has 5 rings (SSSR count). The summed E-state index contributed by atoms with van der Waals surface area (Å²) in [5, 5.41) is 15.2. The molecule has 1 aliphatic carbocycles. The highest BCUT2D eigenvalue weighted by atomic mass is 32.2. The van der Waals surface area contributed by atoms with Gasteiger partial charge in [-0.1, -0.05) is 11.3 Å². The van der Waals surface area contributed by atoms with Crippen LogP contribution in [0, 0.1) is 0 Å². The van der Waals surface area contributed by atoms with E-state index in [1.165, 1.54) is 16.7 Å². The van der Waals surface area contributed by atoms with Gasteiger partial charge in [-0.2, -0.15) is 0 Å². The first-order valence-electron chi connectivity index (χ1n) is 11.0. The predicted octanol–water partition coefficient (Wildman–Crippen LogP) is 2.97. The van der Waals surface area contributed by atoms with Crippen LogP contribution < -0.4 is 9.62 Å². The lowest BCUT2D eigenvalue weighted by Gasteiger charge is -2.39. The third-order valence-corrected chi connectivity index (χ3v) is 9.18. The predicted molar refractivity (Wildman–Crippen MR) is 122 cm³/mol. The number of aromatic nitrogens is 5. The number of nitrogens with one attached hydrogen (secondary N) is 1.